The molecule has 0 amide bonds. The van der Waals surface area contributed by atoms with Crippen molar-refractivity contribution in [3.63, 3.8) is 0 Å². The van der Waals surface area contributed by atoms with Gasteiger partial charge in [-0.3, -0.25) is 0 Å². The van der Waals surface area contributed by atoms with Crippen LogP contribution in [0.4, 0.5) is 0 Å². The van der Waals surface area contributed by atoms with Crippen LogP contribution in [0.15, 0.2) is 182 Å². The molecule has 1 unspecified atom stereocenters. The minimum atomic E-state index is 0.0861. The molecule has 1 nitrogen and oxygen atoms in total. The van der Waals surface area contributed by atoms with Crippen molar-refractivity contribution in [2.75, 3.05) is 0 Å². The van der Waals surface area contributed by atoms with Gasteiger partial charge in [-0.2, -0.15) is 0 Å². The SMILES string of the molecule is C1=CC2=c3c(-c4ccc5c6cccc7cccc(c8cccc4c85)c76)c4ccccc4c(-c4ccc5c6cccc7cccc(c8cccc4c85)c76)c3=CNC2C=C1. The molecule has 2 aliphatic rings. The van der Waals surface area contributed by atoms with E-state index in [1.54, 1.807) is 0 Å². The van der Waals surface area contributed by atoms with Crippen LogP contribution in [0, 0.1) is 0 Å². The van der Waals surface area contributed by atoms with Crippen LogP contribution in [-0.4, -0.2) is 6.04 Å². The van der Waals surface area contributed by atoms with Crippen molar-refractivity contribution >= 4 is 109 Å². The fourth-order valence-corrected chi connectivity index (χ4v) is 11.3. The highest BCUT2D eigenvalue weighted by molar-refractivity contribution is 6.36. The fourth-order valence-electron chi connectivity index (χ4n) is 11.3. The van der Waals surface area contributed by atoms with Crippen LogP contribution in [0.5, 0.6) is 0 Å². The summed E-state index contributed by atoms with van der Waals surface area (Å²) in [5.41, 5.74) is 6.43. The molecule has 0 saturated heterocycles. The molecule has 1 heterocycles. The van der Waals surface area contributed by atoms with Gasteiger partial charge in [0.15, 0.2) is 0 Å². The largest absolute Gasteiger partial charge is 0.380 e. The summed E-state index contributed by atoms with van der Waals surface area (Å²) in [6.45, 7) is 0. The molecule has 1 heteroatoms. The highest BCUT2D eigenvalue weighted by Crippen LogP contribution is 2.46. The maximum absolute atomic E-state index is 3.85. The summed E-state index contributed by atoms with van der Waals surface area (Å²) < 4.78 is 0. The minimum Gasteiger partial charge on any atom is -0.380 e. The van der Waals surface area contributed by atoms with E-state index in [0.29, 0.717) is 0 Å². The Labute approximate surface area is 333 Å². The van der Waals surface area contributed by atoms with Gasteiger partial charge in [0.1, 0.15) is 0 Å². The Kier molecular flexibility index (Phi) is 5.87. The van der Waals surface area contributed by atoms with E-state index in [4.69, 9.17) is 0 Å². The molecule has 0 radical (unpaired) electrons. The number of nitrogens with one attached hydrogen (secondary N) is 1. The van der Waals surface area contributed by atoms with E-state index in [9.17, 15) is 0 Å². The Balaban J connectivity index is 1.16. The average molecular weight is 732 g/mol. The van der Waals surface area contributed by atoms with Crippen LogP contribution >= 0.6 is 0 Å². The number of hydrogen-bond acceptors (Lipinski definition) is 1. The molecule has 0 saturated carbocycles. The van der Waals surface area contributed by atoms with Gasteiger partial charge in [-0.15, -0.1) is 0 Å². The zero-order valence-corrected chi connectivity index (χ0v) is 31.5. The van der Waals surface area contributed by atoms with Gasteiger partial charge >= 0.3 is 0 Å². The standard InChI is InChI=1S/C57H33N/c1-2-16-43-38(15-1)55(46-28-27-44-36-20-7-13-32-11-5-18-34(51(32)36)39-22-9-24-41(46)53(39)44)49-31-58-50-26-4-3-17-48(50)57(49)56(43)47-30-29-45-37-21-8-14-33-12-6-19-35(52(33)37)40-23-10-25-42(47)54(40)45/h1-31,50,58H. The Morgan fingerprint density at radius 2 is 0.776 bits per heavy atom. The van der Waals surface area contributed by atoms with E-state index in [1.165, 1.54) is 135 Å². The van der Waals surface area contributed by atoms with Gasteiger partial charge in [-0.1, -0.05) is 182 Å². The molecular weight excluding hydrogens is 699 g/mol. The number of hydrogen-bond donors (Lipinski definition) is 1. The number of rotatable bonds is 2. The van der Waals surface area contributed by atoms with Crippen molar-refractivity contribution in [2.45, 2.75) is 6.04 Å². The van der Waals surface area contributed by atoms with Crippen LogP contribution in [0.1, 0.15) is 0 Å². The molecule has 0 aromatic heterocycles. The molecule has 12 aromatic carbocycles. The first-order chi connectivity index (χ1) is 28.8. The maximum Gasteiger partial charge on any atom is 0.0702 e. The predicted molar refractivity (Wildman–Crippen MR) is 250 cm³/mol. The number of benzene rings is 12. The summed E-state index contributed by atoms with van der Waals surface area (Å²) in [4.78, 5) is 0. The van der Waals surface area contributed by atoms with Gasteiger partial charge < -0.3 is 5.32 Å². The Bertz CT molecular complexity index is 3890. The second-order valence-electron chi connectivity index (χ2n) is 16.3. The van der Waals surface area contributed by atoms with Gasteiger partial charge in [-0.05, 0) is 130 Å². The van der Waals surface area contributed by atoms with E-state index >= 15 is 0 Å². The Morgan fingerprint density at radius 1 is 0.345 bits per heavy atom. The van der Waals surface area contributed by atoms with Gasteiger partial charge in [0.2, 0.25) is 0 Å². The van der Waals surface area contributed by atoms with Crippen molar-refractivity contribution in [3.05, 3.63) is 192 Å². The monoisotopic (exact) mass is 731 g/mol. The first-order valence-corrected chi connectivity index (χ1v) is 20.4. The lowest BCUT2D eigenvalue weighted by molar-refractivity contribution is 0.879. The van der Waals surface area contributed by atoms with Crippen LogP contribution in [-0.2, 0) is 0 Å². The van der Waals surface area contributed by atoms with Crippen molar-refractivity contribution in [3.8, 4) is 22.3 Å². The summed E-state index contributed by atoms with van der Waals surface area (Å²) in [6.07, 6.45) is 11.3. The summed E-state index contributed by atoms with van der Waals surface area (Å²) in [7, 11) is 0. The second kappa shape index (κ2) is 11.1. The topological polar surface area (TPSA) is 12.0 Å². The lowest BCUT2D eigenvalue weighted by Crippen LogP contribution is -2.44. The van der Waals surface area contributed by atoms with E-state index in [2.05, 4.69) is 194 Å². The van der Waals surface area contributed by atoms with Crippen LogP contribution < -0.4 is 15.8 Å². The second-order valence-corrected chi connectivity index (χ2v) is 16.3. The first kappa shape index (κ1) is 30.7. The number of allylic oxidation sites excluding steroid dienone is 2. The van der Waals surface area contributed by atoms with Gasteiger partial charge in [-0.25, -0.2) is 0 Å². The van der Waals surface area contributed by atoms with Gasteiger partial charge in [0, 0.05) is 11.4 Å². The molecule has 1 N–H and O–H groups in total. The van der Waals surface area contributed by atoms with Crippen molar-refractivity contribution in [1.29, 1.82) is 0 Å². The molecule has 1 aliphatic heterocycles. The molecule has 58 heavy (non-hydrogen) atoms. The third kappa shape index (κ3) is 3.81. The minimum absolute atomic E-state index is 0.0861. The molecule has 14 rings (SSSR count). The van der Waals surface area contributed by atoms with E-state index in [-0.39, 0.29) is 6.04 Å². The van der Waals surface area contributed by atoms with Crippen molar-refractivity contribution < 1.29 is 0 Å². The van der Waals surface area contributed by atoms with E-state index in [1.807, 2.05) is 0 Å². The van der Waals surface area contributed by atoms with Crippen molar-refractivity contribution in [2.24, 2.45) is 0 Å². The third-order valence-electron chi connectivity index (χ3n) is 13.6. The van der Waals surface area contributed by atoms with Crippen molar-refractivity contribution in [1.82, 2.24) is 5.32 Å². The summed E-state index contributed by atoms with van der Waals surface area (Å²) >= 11 is 0. The van der Waals surface area contributed by atoms with Crippen LogP contribution in [0.2, 0.25) is 0 Å². The lowest BCUT2D eigenvalue weighted by atomic mass is 9.80. The molecule has 0 bridgehead atoms. The zero-order chi connectivity index (χ0) is 37.6. The van der Waals surface area contributed by atoms with Crippen LogP contribution in [0.25, 0.3) is 131 Å². The first-order valence-electron chi connectivity index (χ1n) is 20.4. The lowest BCUT2D eigenvalue weighted by Gasteiger charge is -2.27. The summed E-state index contributed by atoms with van der Waals surface area (Å²) in [5, 5.41) is 30.0. The normalized spacial score (nSPS) is 15.2. The summed E-state index contributed by atoms with van der Waals surface area (Å²) in [6, 6.07) is 59.8. The smallest absolute Gasteiger partial charge is 0.0702 e. The highest BCUT2D eigenvalue weighted by atomic mass is 14.9. The summed E-state index contributed by atoms with van der Waals surface area (Å²) in [5.74, 6) is 0. The molecular formula is C57H33N. The highest BCUT2D eigenvalue weighted by Gasteiger charge is 2.26. The average Bonchev–Trinajstić information content (AvgIpc) is 3.29. The zero-order valence-electron chi connectivity index (χ0n) is 31.5. The molecule has 1 aliphatic carbocycles. The Morgan fingerprint density at radius 3 is 1.33 bits per heavy atom. The predicted octanol–water partition coefficient (Wildman–Crippen LogP) is 13.3. The maximum atomic E-state index is 3.85. The van der Waals surface area contributed by atoms with Gasteiger partial charge in [0.05, 0.1) is 6.04 Å². The Hall–Kier alpha value is -7.48. The fraction of sp³-hybridized carbons (Fsp3) is 0.0175. The van der Waals surface area contributed by atoms with Crippen LogP contribution in [0.3, 0.4) is 0 Å². The third-order valence-corrected chi connectivity index (χ3v) is 13.6. The van der Waals surface area contributed by atoms with Gasteiger partial charge in [0.25, 0.3) is 0 Å². The molecule has 0 spiro atoms. The molecule has 1 atom stereocenters. The quantitative estimate of drug-likeness (QED) is 0.138. The van der Waals surface area contributed by atoms with E-state index < -0.39 is 0 Å². The molecule has 12 aromatic rings. The number of fused-ring (bicyclic) bond motifs is 7. The molecule has 266 valence electrons. The van der Waals surface area contributed by atoms with E-state index in [0.717, 1.165) is 0 Å². The molecule has 0 fully saturated rings.